The van der Waals surface area contributed by atoms with E-state index in [2.05, 4.69) is 15.3 Å². The fraction of sp³-hybridized carbons (Fsp3) is 0.533. The summed E-state index contributed by atoms with van der Waals surface area (Å²) in [6, 6.07) is 0.233. The van der Waals surface area contributed by atoms with Gasteiger partial charge in [0.15, 0.2) is 0 Å². The van der Waals surface area contributed by atoms with E-state index in [0.29, 0.717) is 13.1 Å². The Balaban J connectivity index is 1.58. The molecule has 2 aromatic rings. The average Bonchev–Trinajstić information content (AvgIpc) is 2.89. The number of amides is 1. The molecule has 1 saturated heterocycles. The van der Waals surface area contributed by atoms with Crippen LogP contribution in [0.4, 0.5) is 10.6 Å². The first-order valence-electron chi connectivity index (χ1n) is 7.61. The first kappa shape index (κ1) is 13.8. The van der Waals surface area contributed by atoms with Crippen LogP contribution in [0.25, 0.3) is 10.2 Å². The van der Waals surface area contributed by atoms with E-state index in [1.54, 1.807) is 22.6 Å². The van der Waals surface area contributed by atoms with Gasteiger partial charge in [-0.25, -0.2) is 14.8 Å². The molecule has 0 aromatic carbocycles. The van der Waals surface area contributed by atoms with Crippen LogP contribution in [0.5, 0.6) is 0 Å². The number of methoxy groups -OCH3 is 1. The number of rotatable bonds is 2. The molecule has 3 heterocycles. The van der Waals surface area contributed by atoms with Gasteiger partial charge in [-0.3, -0.25) is 0 Å². The summed E-state index contributed by atoms with van der Waals surface area (Å²) < 4.78 is 4.72. The van der Waals surface area contributed by atoms with E-state index < -0.39 is 0 Å². The van der Waals surface area contributed by atoms with E-state index >= 15 is 0 Å². The van der Waals surface area contributed by atoms with Crippen LogP contribution in [0, 0.1) is 0 Å². The van der Waals surface area contributed by atoms with Crippen molar-refractivity contribution >= 4 is 33.5 Å². The number of hydrogen-bond acceptors (Lipinski definition) is 6. The minimum Gasteiger partial charge on any atom is -0.453 e. The van der Waals surface area contributed by atoms with Crippen molar-refractivity contribution in [2.45, 2.75) is 31.7 Å². The van der Waals surface area contributed by atoms with Crippen molar-refractivity contribution < 1.29 is 9.53 Å². The molecule has 0 unspecified atom stereocenters. The van der Waals surface area contributed by atoms with Crippen molar-refractivity contribution in [2.75, 3.05) is 25.5 Å². The molecule has 6 nitrogen and oxygen atoms in total. The number of anilines is 1. The molecular weight excluding hydrogens is 300 g/mol. The van der Waals surface area contributed by atoms with Crippen LogP contribution in [0.1, 0.15) is 23.3 Å². The number of carbonyl (C=O) groups is 1. The molecule has 2 aromatic heterocycles. The normalized spacial score (nSPS) is 18.0. The van der Waals surface area contributed by atoms with Crippen LogP contribution in [0.15, 0.2) is 6.33 Å². The van der Waals surface area contributed by atoms with Gasteiger partial charge in [-0.1, -0.05) is 0 Å². The summed E-state index contributed by atoms with van der Waals surface area (Å²) in [5.41, 5.74) is 1.43. The molecule has 7 heteroatoms. The van der Waals surface area contributed by atoms with Gasteiger partial charge in [-0.15, -0.1) is 11.3 Å². The van der Waals surface area contributed by atoms with E-state index in [-0.39, 0.29) is 12.1 Å². The van der Waals surface area contributed by atoms with E-state index in [1.165, 1.54) is 35.8 Å². The zero-order valence-corrected chi connectivity index (χ0v) is 13.3. The van der Waals surface area contributed by atoms with Crippen LogP contribution >= 0.6 is 11.3 Å². The highest BCUT2D eigenvalue weighted by molar-refractivity contribution is 7.19. The van der Waals surface area contributed by atoms with Crippen LogP contribution in [0.2, 0.25) is 0 Å². The Labute approximate surface area is 132 Å². The summed E-state index contributed by atoms with van der Waals surface area (Å²) in [4.78, 5) is 24.5. The maximum absolute atomic E-state index is 11.4. The molecule has 1 fully saturated rings. The molecule has 2 aliphatic rings. The number of aryl methyl sites for hydroxylation is 2. The number of likely N-dealkylation sites (tertiary alicyclic amines) is 1. The quantitative estimate of drug-likeness (QED) is 0.921. The molecule has 1 aliphatic carbocycles. The molecule has 1 amide bonds. The lowest BCUT2D eigenvalue weighted by Gasteiger charge is -2.38. The minimum absolute atomic E-state index is 0.233. The minimum atomic E-state index is -0.265. The van der Waals surface area contributed by atoms with Gasteiger partial charge in [0.05, 0.1) is 18.5 Å². The topological polar surface area (TPSA) is 67.3 Å². The zero-order valence-electron chi connectivity index (χ0n) is 12.5. The van der Waals surface area contributed by atoms with Gasteiger partial charge in [0, 0.05) is 18.0 Å². The maximum atomic E-state index is 11.4. The lowest BCUT2D eigenvalue weighted by molar-refractivity contribution is 0.0930. The van der Waals surface area contributed by atoms with Gasteiger partial charge in [-0.05, 0) is 31.2 Å². The third kappa shape index (κ3) is 2.20. The lowest BCUT2D eigenvalue weighted by Crippen LogP contribution is -2.57. The Morgan fingerprint density at radius 2 is 2.18 bits per heavy atom. The molecule has 1 N–H and O–H groups in total. The lowest BCUT2D eigenvalue weighted by atomic mass is 9.97. The van der Waals surface area contributed by atoms with Crippen molar-refractivity contribution in [3.05, 3.63) is 16.8 Å². The van der Waals surface area contributed by atoms with E-state index in [9.17, 15) is 4.79 Å². The molecule has 0 bridgehead atoms. The summed E-state index contributed by atoms with van der Waals surface area (Å²) >= 11 is 1.80. The number of carbonyl (C=O) groups excluding carboxylic acids is 1. The zero-order chi connectivity index (χ0) is 15.1. The van der Waals surface area contributed by atoms with E-state index in [0.717, 1.165) is 23.5 Å². The molecule has 0 spiro atoms. The first-order valence-corrected chi connectivity index (χ1v) is 8.42. The van der Waals surface area contributed by atoms with Gasteiger partial charge >= 0.3 is 6.09 Å². The number of ether oxygens (including phenoxy) is 1. The monoisotopic (exact) mass is 318 g/mol. The maximum Gasteiger partial charge on any atom is 0.409 e. The molecule has 1 aliphatic heterocycles. The van der Waals surface area contributed by atoms with Crippen molar-refractivity contribution in [1.82, 2.24) is 14.9 Å². The highest BCUT2D eigenvalue weighted by Gasteiger charge is 2.32. The summed E-state index contributed by atoms with van der Waals surface area (Å²) in [7, 11) is 1.41. The SMILES string of the molecule is COC(=O)N1CC(Nc2ncnc3sc4c(c23)CCCC4)C1. The van der Waals surface area contributed by atoms with Crippen LogP contribution < -0.4 is 5.32 Å². The van der Waals surface area contributed by atoms with Crippen molar-refractivity contribution in [1.29, 1.82) is 0 Å². The summed E-state index contributed by atoms with van der Waals surface area (Å²) in [6.45, 7) is 1.31. The Hall–Kier alpha value is -1.89. The second kappa shape index (κ2) is 5.39. The molecular formula is C15H18N4O2S. The summed E-state index contributed by atoms with van der Waals surface area (Å²) in [6.07, 6.45) is 6.16. The third-order valence-corrected chi connectivity index (χ3v) is 5.61. The molecule has 22 heavy (non-hydrogen) atoms. The van der Waals surface area contributed by atoms with Gasteiger partial charge in [0.1, 0.15) is 17.0 Å². The van der Waals surface area contributed by atoms with Crippen LogP contribution in [0.3, 0.4) is 0 Å². The van der Waals surface area contributed by atoms with Gasteiger partial charge < -0.3 is 15.0 Å². The fourth-order valence-electron chi connectivity index (χ4n) is 3.24. The third-order valence-electron chi connectivity index (χ3n) is 4.41. The number of aromatic nitrogens is 2. The first-order chi connectivity index (χ1) is 10.8. The average molecular weight is 318 g/mol. The Morgan fingerprint density at radius 3 is 3.00 bits per heavy atom. The van der Waals surface area contributed by atoms with Crippen LogP contribution in [-0.4, -0.2) is 47.2 Å². The molecule has 116 valence electrons. The molecule has 0 saturated carbocycles. The predicted octanol–water partition coefficient (Wildman–Crippen LogP) is 2.43. The number of nitrogens with zero attached hydrogens (tertiary/aromatic N) is 3. The van der Waals surface area contributed by atoms with Crippen molar-refractivity contribution in [3.63, 3.8) is 0 Å². The molecule has 4 rings (SSSR count). The highest BCUT2D eigenvalue weighted by atomic mass is 32.1. The number of thiophene rings is 1. The smallest absolute Gasteiger partial charge is 0.409 e. The van der Waals surface area contributed by atoms with Crippen molar-refractivity contribution in [3.8, 4) is 0 Å². The Bertz CT molecular complexity index is 724. The number of hydrogen-bond donors (Lipinski definition) is 1. The Morgan fingerprint density at radius 1 is 1.36 bits per heavy atom. The standard InChI is InChI=1S/C15H18N4O2S/c1-21-15(20)19-6-9(7-19)18-13-12-10-4-2-3-5-11(10)22-14(12)17-8-16-13/h8-9H,2-7H2,1H3,(H,16,17,18). The van der Waals surface area contributed by atoms with Crippen molar-refractivity contribution in [2.24, 2.45) is 0 Å². The fourth-order valence-corrected chi connectivity index (χ4v) is 4.47. The number of fused-ring (bicyclic) bond motifs is 3. The second-order valence-electron chi connectivity index (χ2n) is 5.83. The van der Waals surface area contributed by atoms with Gasteiger partial charge in [0.25, 0.3) is 0 Å². The van der Waals surface area contributed by atoms with E-state index in [1.807, 2.05) is 0 Å². The second-order valence-corrected chi connectivity index (χ2v) is 6.91. The summed E-state index contributed by atoms with van der Waals surface area (Å²) in [5.74, 6) is 0.916. The summed E-state index contributed by atoms with van der Waals surface area (Å²) in [5, 5.41) is 4.67. The highest BCUT2D eigenvalue weighted by Crippen LogP contribution is 2.38. The number of nitrogens with one attached hydrogen (secondary N) is 1. The van der Waals surface area contributed by atoms with Gasteiger partial charge in [-0.2, -0.15) is 0 Å². The predicted molar refractivity (Wildman–Crippen MR) is 85.4 cm³/mol. The molecule has 0 atom stereocenters. The van der Waals surface area contributed by atoms with E-state index in [4.69, 9.17) is 4.74 Å². The van der Waals surface area contributed by atoms with Gasteiger partial charge in [0.2, 0.25) is 0 Å². The molecule has 0 radical (unpaired) electrons. The Kier molecular flexibility index (Phi) is 3.37. The van der Waals surface area contributed by atoms with Crippen LogP contribution in [-0.2, 0) is 17.6 Å². The largest absolute Gasteiger partial charge is 0.453 e.